The summed E-state index contributed by atoms with van der Waals surface area (Å²) in [5.74, 6) is 0. The maximum absolute atomic E-state index is 12.4. The van der Waals surface area contributed by atoms with Gasteiger partial charge in [0.1, 0.15) is 0 Å². The third-order valence-corrected chi connectivity index (χ3v) is 4.96. The molecular weight excluding hydrogens is 293 g/mol. The standard InChI is InChI=1S/C12H15F3N2O2S/c13-12(14,15)9-3-5-10(6-4-9)17-20(18,19)11-2-1-7-16-8-11/h3-6,11,16-17H,1-2,7-8H2. The third kappa shape index (κ3) is 3.63. The molecule has 1 heterocycles. The minimum Gasteiger partial charge on any atom is -0.315 e. The molecule has 1 unspecified atom stereocenters. The van der Waals surface area contributed by atoms with Crippen LogP contribution in [0.5, 0.6) is 0 Å². The first-order chi connectivity index (χ1) is 9.29. The predicted octanol–water partition coefficient (Wildman–Crippen LogP) is 2.20. The Morgan fingerprint density at radius 2 is 1.85 bits per heavy atom. The fourth-order valence-electron chi connectivity index (χ4n) is 2.06. The maximum Gasteiger partial charge on any atom is 0.416 e. The first kappa shape index (κ1) is 15.1. The third-order valence-electron chi connectivity index (χ3n) is 3.16. The van der Waals surface area contributed by atoms with Crippen molar-refractivity contribution in [1.82, 2.24) is 5.32 Å². The maximum atomic E-state index is 12.4. The summed E-state index contributed by atoms with van der Waals surface area (Å²) in [7, 11) is -3.58. The van der Waals surface area contributed by atoms with Crippen LogP contribution in [0.4, 0.5) is 18.9 Å². The zero-order chi connectivity index (χ0) is 14.8. The van der Waals surface area contributed by atoms with Gasteiger partial charge < -0.3 is 5.32 Å². The van der Waals surface area contributed by atoms with E-state index >= 15 is 0 Å². The average molecular weight is 308 g/mol. The molecule has 2 N–H and O–H groups in total. The van der Waals surface area contributed by atoms with Gasteiger partial charge in [0.2, 0.25) is 10.0 Å². The fourth-order valence-corrected chi connectivity index (χ4v) is 3.51. The molecule has 0 spiro atoms. The van der Waals surface area contributed by atoms with Crippen LogP contribution in [0.1, 0.15) is 18.4 Å². The number of alkyl halides is 3. The van der Waals surface area contributed by atoms with Gasteiger partial charge in [-0.05, 0) is 43.7 Å². The van der Waals surface area contributed by atoms with Crippen molar-refractivity contribution in [2.24, 2.45) is 0 Å². The highest BCUT2D eigenvalue weighted by atomic mass is 32.2. The number of sulfonamides is 1. The largest absolute Gasteiger partial charge is 0.416 e. The second-order valence-electron chi connectivity index (χ2n) is 4.69. The summed E-state index contributed by atoms with van der Waals surface area (Å²) < 4.78 is 63.7. The number of halogens is 3. The molecule has 20 heavy (non-hydrogen) atoms. The molecule has 0 saturated carbocycles. The Morgan fingerprint density at radius 3 is 2.35 bits per heavy atom. The summed E-state index contributed by atoms with van der Waals surface area (Å²) in [6, 6.07) is 3.96. The van der Waals surface area contributed by atoms with Crippen molar-refractivity contribution < 1.29 is 21.6 Å². The van der Waals surface area contributed by atoms with Gasteiger partial charge in [-0.15, -0.1) is 0 Å². The van der Waals surface area contributed by atoms with Crippen LogP contribution >= 0.6 is 0 Å². The predicted molar refractivity (Wildman–Crippen MR) is 69.9 cm³/mol. The summed E-state index contributed by atoms with van der Waals surface area (Å²) >= 11 is 0. The van der Waals surface area contributed by atoms with E-state index in [0.29, 0.717) is 13.0 Å². The van der Waals surface area contributed by atoms with Crippen LogP contribution < -0.4 is 10.0 Å². The van der Waals surface area contributed by atoms with E-state index < -0.39 is 27.0 Å². The molecule has 1 saturated heterocycles. The van der Waals surface area contributed by atoms with Crippen LogP contribution in [0.25, 0.3) is 0 Å². The molecule has 112 valence electrons. The monoisotopic (exact) mass is 308 g/mol. The topological polar surface area (TPSA) is 58.2 Å². The lowest BCUT2D eigenvalue weighted by atomic mass is 10.2. The van der Waals surface area contributed by atoms with Crippen molar-refractivity contribution in [1.29, 1.82) is 0 Å². The first-order valence-electron chi connectivity index (χ1n) is 6.19. The minimum atomic E-state index is -4.43. The Morgan fingerprint density at radius 1 is 1.20 bits per heavy atom. The highest BCUT2D eigenvalue weighted by molar-refractivity contribution is 7.93. The fraction of sp³-hybridized carbons (Fsp3) is 0.500. The van der Waals surface area contributed by atoms with Gasteiger partial charge in [-0.3, -0.25) is 4.72 Å². The zero-order valence-electron chi connectivity index (χ0n) is 10.6. The number of hydrogen-bond acceptors (Lipinski definition) is 3. The van der Waals surface area contributed by atoms with Crippen LogP contribution in [0.3, 0.4) is 0 Å². The van der Waals surface area contributed by atoms with Gasteiger partial charge >= 0.3 is 6.18 Å². The smallest absolute Gasteiger partial charge is 0.315 e. The molecule has 0 bridgehead atoms. The lowest BCUT2D eigenvalue weighted by Crippen LogP contribution is -2.41. The summed E-state index contributed by atoms with van der Waals surface area (Å²) in [5, 5.41) is 2.43. The van der Waals surface area contributed by atoms with Crippen LogP contribution in [-0.4, -0.2) is 26.8 Å². The van der Waals surface area contributed by atoms with Crippen LogP contribution in [-0.2, 0) is 16.2 Å². The van der Waals surface area contributed by atoms with Gasteiger partial charge in [0.15, 0.2) is 0 Å². The summed E-state index contributed by atoms with van der Waals surface area (Å²) in [6.45, 7) is 1.14. The van der Waals surface area contributed by atoms with E-state index in [2.05, 4.69) is 10.0 Å². The number of anilines is 1. The Hall–Kier alpha value is -1.28. The molecule has 4 nitrogen and oxygen atoms in total. The van der Waals surface area contributed by atoms with Crippen LogP contribution in [0, 0.1) is 0 Å². The molecular formula is C12H15F3N2O2S. The summed E-state index contributed by atoms with van der Waals surface area (Å²) in [5.41, 5.74) is -0.664. The molecule has 0 amide bonds. The molecule has 1 aliphatic heterocycles. The lowest BCUT2D eigenvalue weighted by Gasteiger charge is -2.23. The van der Waals surface area contributed by atoms with Crippen LogP contribution in [0.2, 0.25) is 0 Å². The van der Waals surface area contributed by atoms with E-state index in [9.17, 15) is 21.6 Å². The number of piperidine rings is 1. The Bertz CT molecular complexity index is 549. The second-order valence-corrected chi connectivity index (χ2v) is 6.65. The number of benzene rings is 1. The van der Waals surface area contributed by atoms with Crippen molar-refractivity contribution in [3.8, 4) is 0 Å². The van der Waals surface area contributed by atoms with E-state index in [1.807, 2.05) is 0 Å². The molecule has 1 aromatic carbocycles. The molecule has 1 atom stereocenters. The highest BCUT2D eigenvalue weighted by Gasteiger charge is 2.31. The Kier molecular flexibility index (Phi) is 4.24. The van der Waals surface area contributed by atoms with Crippen molar-refractivity contribution in [3.63, 3.8) is 0 Å². The van der Waals surface area contributed by atoms with Crippen molar-refractivity contribution in [2.75, 3.05) is 17.8 Å². The second kappa shape index (κ2) is 5.61. The summed E-state index contributed by atoms with van der Waals surface area (Å²) in [6.07, 6.45) is -3.12. The quantitative estimate of drug-likeness (QED) is 0.900. The molecule has 1 fully saturated rings. The molecule has 1 aliphatic rings. The normalized spacial score (nSPS) is 20.6. The van der Waals surface area contributed by atoms with Crippen LogP contribution in [0.15, 0.2) is 24.3 Å². The lowest BCUT2D eigenvalue weighted by molar-refractivity contribution is -0.137. The van der Waals surface area contributed by atoms with E-state index in [0.717, 1.165) is 37.2 Å². The van der Waals surface area contributed by atoms with E-state index in [4.69, 9.17) is 0 Å². The highest BCUT2D eigenvalue weighted by Crippen LogP contribution is 2.30. The van der Waals surface area contributed by atoms with Gasteiger partial charge in [-0.25, -0.2) is 8.42 Å². The first-order valence-corrected chi connectivity index (χ1v) is 7.73. The summed E-state index contributed by atoms with van der Waals surface area (Å²) in [4.78, 5) is 0. The number of nitrogens with one attached hydrogen (secondary N) is 2. The van der Waals surface area contributed by atoms with Gasteiger partial charge in [-0.2, -0.15) is 13.2 Å². The zero-order valence-corrected chi connectivity index (χ0v) is 11.4. The molecule has 1 aromatic rings. The number of hydrogen-bond donors (Lipinski definition) is 2. The van der Waals surface area contributed by atoms with Gasteiger partial charge in [0, 0.05) is 12.2 Å². The van der Waals surface area contributed by atoms with Crippen molar-refractivity contribution >= 4 is 15.7 Å². The van der Waals surface area contributed by atoms with E-state index in [1.165, 1.54) is 0 Å². The molecule has 0 aliphatic carbocycles. The van der Waals surface area contributed by atoms with Gasteiger partial charge in [0.25, 0.3) is 0 Å². The Balaban J connectivity index is 2.09. The molecule has 0 radical (unpaired) electrons. The van der Waals surface area contributed by atoms with E-state index in [1.54, 1.807) is 0 Å². The van der Waals surface area contributed by atoms with Crippen molar-refractivity contribution in [2.45, 2.75) is 24.3 Å². The minimum absolute atomic E-state index is 0.142. The average Bonchev–Trinajstić information content (AvgIpc) is 2.39. The van der Waals surface area contributed by atoms with Gasteiger partial charge in [-0.1, -0.05) is 0 Å². The molecule has 8 heteroatoms. The van der Waals surface area contributed by atoms with E-state index in [-0.39, 0.29) is 5.69 Å². The molecule has 0 aromatic heterocycles. The SMILES string of the molecule is O=S(=O)(Nc1ccc(C(F)(F)F)cc1)C1CCCNC1. The van der Waals surface area contributed by atoms with Crippen molar-refractivity contribution in [3.05, 3.63) is 29.8 Å². The van der Waals surface area contributed by atoms with Gasteiger partial charge in [0.05, 0.1) is 10.8 Å². The Labute approximate surface area is 115 Å². The number of rotatable bonds is 3. The molecule has 2 rings (SSSR count).